The highest BCUT2D eigenvalue weighted by Crippen LogP contribution is 2.63. The molecule has 0 radical (unpaired) electrons. The number of benzene rings is 1. The standard InChI is InChI=1S/C16H20N4/c1-20-9-8-18-16(20)15(19-17)14-12-7-6-10-4-2-3-5-11(10)13(12)14/h2-5,8-9,12-15,19H,6-7,17H2,1H3. The van der Waals surface area contributed by atoms with Crippen molar-refractivity contribution in [3.05, 3.63) is 53.6 Å². The van der Waals surface area contributed by atoms with Crippen LogP contribution in [0.25, 0.3) is 0 Å². The van der Waals surface area contributed by atoms with Gasteiger partial charge in [-0.2, -0.15) is 0 Å². The Hall–Kier alpha value is -1.65. The van der Waals surface area contributed by atoms with E-state index in [2.05, 4.69) is 39.2 Å². The van der Waals surface area contributed by atoms with E-state index < -0.39 is 0 Å². The monoisotopic (exact) mass is 268 g/mol. The lowest BCUT2D eigenvalue weighted by molar-refractivity contribution is 0.429. The normalized spacial score (nSPS) is 28.6. The van der Waals surface area contributed by atoms with Crippen LogP contribution >= 0.6 is 0 Å². The fourth-order valence-corrected chi connectivity index (χ4v) is 4.11. The number of aromatic nitrogens is 2. The van der Waals surface area contributed by atoms with E-state index in [0.29, 0.717) is 11.8 Å². The summed E-state index contributed by atoms with van der Waals surface area (Å²) in [6.45, 7) is 0. The molecule has 0 amide bonds. The number of nitrogens with two attached hydrogens (primary N) is 1. The van der Waals surface area contributed by atoms with Crippen LogP contribution in [0.4, 0.5) is 0 Å². The highest BCUT2D eigenvalue weighted by Gasteiger charge is 2.57. The molecule has 0 aliphatic heterocycles. The average Bonchev–Trinajstić information content (AvgIpc) is 3.06. The summed E-state index contributed by atoms with van der Waals surface area (Å²) in [5.74, 6) is 8.87. The van der Waals surface area contributed by atoms with E-state index in [0.717, 1.165) is 11.7 Å². The summed E-state index contributed by atoms with van der Waals surface area (Å²) in [6, 6.07) is 9.01. The van der Waals surface area contributed by atoms with E-state index in [4.69, 9.17) is 5.84 Å². The minimum absolute atomic E-state index is 0.149. The quantitative estimate of drug-likeness (QED) is 0.660. The molecule has 4 nitrogen and oxygen atoms in total. The SMILES string of the molecule is Cn1ccnc1C(NN)C1C2CCc3ccccc3C21. The van der Waals surface area contributed by atoms with Crippen molar-refractivity contribution in [1.82, 2.24) is 15.0 Å². The van der Waals surface area contributed by atoms with Crippen LogP contribution < -0.4 is 11.3 Å². The fraction of sp³-hybridized carbons (Fsp3) is 0.438. The van der Waals surface area contributed by atoms with Gasteiger partial charge in [0.2, 0.25) is 0 Å². The number of fused-ring (bicyclic) bond motifs is 3. The minimum atomic E-state index is 0.149. The molecule has 1 saturated carbocycles. The Morgan fingerprint density at radius 2 is 2.25 bits per heavy atom. The summed E-state index contributed by atoms with van der Waals surface area (Å²) in [7, 11) is 2.03. The Morgan fingerprint density at radius 3 is 3.00 bits per heavy atom. The summed E-state index contributed by atoms with van der Waals surface area (Å²) >= 11 is 0. The number of hydrogen-bond acceptors (Lipinski definition) is 3. The zero-order valence-corrected chi connectivity index (χ0v) is 11.7. The molecule has 1 heterocycles. The van der Waals surface area contributed by atoms with Crippen LogP contribution in [0.5, 0.6) is 0 Å². The highest BCUT2D eigenvalue weighted by molar-refractivity contribution is 5.40. The van der Waals surface area contributed by atoms with Crippen LogP contribution in [-0.4, -0.2) is 9.55 Å². The summed E-state index contributed by atoms with van der Waals surface area (Å²) in [5.41, 5.74) is 6.06. The maximum absolute atomic E-state index is 5.84. The summed E-state index contributed by atoms with van der Waals surface area (Å²) in [5, 5.41) is 0. The minimum Gasteiger partial charge on any atom is -0.337 e. The molecular formula is C16H20N4. The fourth-order valence-electron chi connectivity index (χ4n) is 4.11. The molecule has 4 atom stereocenters. The third-order valence-electron chi connectivity index (χ3n) is 5.09. The van der Waals surface area contributed by atoms with Gasteiger partial charge in [0.05, 0.1) is 6.04 Å². The number of nitrogens with one attached hydrogen (secondary N) is 1. The van der Waals surface area contributed by atoms with Gasteiger partial charge in [-0.3, -0.25) is 5.84 Å². The Labute approximate surface area is 119 Å². The molecule has 1 fully saturated rings. The van der Waals surface area contributed by atoms with Crippen molar-refractivity contribution in [3.8, 4) is 0 Å². The molecule has 4 unspecified atom stereocenters. The molecule has 3 N–H and O–H groups in total. The lowest BCUT2D eigenvalue weighted by Gasteiger charge is -2.16. The van der Waals surface area contributed by atoms with Gasteiger partial charge in [-0.05, 0) is 41.7 Å². The number of nitrogens with zero attached hydrogens (tertiary/aromatic N) is 2. The van der Waals surface area contributed by atoms with Gasteiger partial charge >= 0.3 is 0 Å². The van der Waals surface area contributed by atoms with Crippen molar-refractivity contribution in [2.75, 3.05) is 0 Å². The third-order valence-corrected chi connectivity index (χ3v) is 5.09. The van der Waals surface area contributed by atoms with E-state index >= 15 is 0 Å². The molecule has 2 aliphatic rings. The van der Waals surface area contributed by atoms with E-state index in [1.54, 1.807) is 0 Å². The van der Waals surface area contributed by atoms with Crippen molar-refractivity contribution in [3.63, 3.8) is 0 Å². The first-order valence-electron chi connectivity index (χ1n) is 7.32. The second-order valence-electron chi connectivity index (χ2n) is 6.05. The lowest BCUT2D eigenvalue weighted by atomic mass is 9.92. The summed E-state index contributed by atoms with van der Waals surface area (Å²) in [6.07, 6.45) is 6.31. The van der Waals surface area contributed by atoms with Crippen molar-refractivity contribution < 1.29 is 0 Å². The van der Waals surface area contributed by atoms with E-state index in [1.165, 1.54) is 24.0 Å². The molecule has 2 aromatic rings. The topological polar surface area (TPSA) is 55.9 Å². The van der Waals surface area contributed by atoms with E-state index in [1.807, 2.05) is 19.4 Å². The molecule has 0 bridgehead atoms. The van der Waals surface area contributed by atoms with E-state index in [-0.39, 0.29) is 6.04 Å². The largest absolute Gasteiger partial charge is 0.337 e. The molecule has 0 saturated heterocycles. The molecule has 1 aromatic carbocycles. The smallest absolute Gasteiger partial charge is 0.127 e. The van der Waals surface area contributed by atoms with Crippen molar-refractivity contribution in [2.45, 2.75) is 24.8 Å². The molecule has 2 aliphatic carbocycles. The maximum Gasteiger partial charge on any atom is 0.127 e. The Kier molecular flexibility index (Phi) is 2.69. The summed E-state index contributed by atoms with van der Waals surface area (Å²) in [4.78, 5) is 4.48. The molecule has 20 heavy (non-hydrogen) atoms. The van der Waals surface area contributed by atoms with Crippen LogP contribution in [-0.2, 0) is 13.5 Å². The first kappa shape index (κ1) is 12.1. The molecule has 4 rings (SSSR count). The van der Waals surface area contributed by atoms with Gasteiger partial charge in [-0.15, -0.1) is 0 Å². The Balaban J connectivity index is 1.67. The molecule has 0 spiro atoms. The lowest BCUT2D eigenvalue weighted by Crippen LogP contribution is -2.32. The van der Waals surface area contributed by atoms with Gasteiger partial charge in [0, 0.05) is 19.4 Å². The predicted octanol–water partition coefficient (Wildman–Crippen LogP) is 1.90. The molecule has 104 valence electrons. The number of hydrazine groups is 1. The van der Waals surface area contributed by atoms with E-state index in [9.17, 15) is 0 Å². The number of aryl methyl sites for hydroxylation is 2. The van der Waals surface area contributed by atoms with Gasteiger partial charge in [0.1, 0.15) is 5.82 Å². The van der Waals surface area contributed by atoms with Gasteiger partial charge in [0.25, 0.3) is 0 Å². The number of hydrogen-bond donors (Lipinski definition) is 2. The molecular weight excluding hydrogens is 248 g/mol. The third kappa shape index (κ3) is 1.65. The van der Waals surface area contributed by atoms with Gasteiger partial charge in [-0.25, -0.2) is 10.4 Å². The predicted molar refractivity (Wildman–Crippen MR) is 77.8 cm³/mol. The number of rotatable bonds is 3. The van der Waals surface area contributed by atoms with Crippen molar-refractivity contribution >= 4 is 0 Å². The van der Waals surface area contributed by atoms with Crippen molar-refractivity contribution in [1.29, 1.82) is 0 Å². The number of imidazole rings is 1. The second-order valence-corrected chi connectivity index (χ2v) is 6.05. The Morgan fingerprint density at radius 1 is 1.40 bits per heavy atom. The zero-order valence-electron chi connectivity index (χ0n) is 11.7. The first-order chi connectivity index (χ1) is 9.81. The van der Waals surface area contributed by atoms with Crippen LogP contribution in [0.2, 0.25) is 0 Å². The van der Waals surface area contributed by atoms with Crippen LogP contribution in [0.15, 0.2) is 36.7 Å². The first-order valence-corrected chi connectivity index (χ1v) is 7.32. The van der Waals surface area contributed by atoms with Crippen LogP contribution in [0.1, 0.15) is 35.3 Å². The maximum atomic E-state index is 5.84. The molecule has 4 heteroatoms. The average molecular weight is 268 g/mol. The Bertz CT molecular complexity index is 633. The van der Waals surface area contributed by atoms with Gasteiger partial charge < -0.3 is 4.57 Å². The molecule has 1 aromatic heterocycles. The van der Waals surface area contributed by atoms with Crippen LogP contribution in [0, 0.1) is 11.8 Å². The summed E-state index contributed by atoms with van der Waals surface area (Å²) < 4.78 is 2.07. The zero-order chi connectivity index (χ0) is 13.7. The van der Waals surface area contributed by atoms with Gasteiger partial charge in [0.15, 0.2) is 0 Å². The van der Waals surface area contributed by atoms with Gasteiger partial charge in [-0.1, -0.05) is 24.3 Å². The van der Waals surface area contributed by atoms with Crippen LogP contribution in [0.3, 0.4) is 0 Å². The highest BCUT2D eigenvalue weighted by atomic mass is 15.3. The second kappa shape index (κ2) is 4.43. The van der Waals surface area contributed by atoms with Crippen molar-refractivity contribution in [2.24, 2.45) is 24.7 Å².